The molecule has 1 aliphatic carbocycles. The number of carboxylic acid groups (broad SMARTS) is 1. The van der Waals surface area contributed by atoms with Gasteiger partial charge in [0.25, 0.3) is 0 Å². The van der Waals surface area contributed by atoms with Crippen LogP contribution < -0.4 is 0 Å². The minimum atomic E-state index is -0.731. The highest BCUT2D eigenvalue weighted by Gasteiger charge is 2.34. The Labute approximate surface area is 179 Å². The van der Waals surface area contributed by atoms with E-state index in [1.54, 1.807) is 11.8 Å². The normalized spacial score (nSPS) is 20.1. The van der Waals surface area contributed by atoms with Gasteiger partial charge in [-0.2, -0.15) is 11.8 Å². The van der Waals surface area contributed by atoms with E-state index in [4.69, 9.17) is 5.11 Å². The average molecular weight is 421 g/mol. The molecular weight excluding hydrogens is 384 g/mol. The van der Waals surface area contributed by atoms with Crippen molar-refractivity contribution in [2.45, 2.75) is 88.4 Å². The fraction of sp³-hybridized carbons (Fsp3) is 0.667. The van der Waals surface area contributed by atoms with Gasteiger partial charge in [0.15, 0.2) is 0 Å². The summed E-state index contributed by atoms with van der Waals surface area (Å²) in [6, 6.07) is 10.5. The number of aliphatic hydroxyl groups excluding tert-OH is 1. The summed E-state index contributed by atoms with van der Waals surface area (Å²) in [5.41, 5.74) is 1.35. The number of carbonyl (C=O) groups excluding carboxylic acids is 1. The van der Waals surface area contributed by atoms with Crippen LogP contribution in [0, 0.1) is 5.92 Å². The average Bonchev–Trinajstić information content (AvgIpc) is 3.06. The van der Waals surface area contributed by atoms with Crippen molar-refractivity contribution in [1.82, 2.24) is 0 Å². The first kappa shape index (κ1) is 23.9. The highest BCUT2D eigenvalue weighted by atomic mass is 32.2. The Morgan fingerprint density at radius 2 is 1.83 bits per heavy atom. The van der Waals surface area contributed by atoms with Crippen LogP contribution in [0.1, 0.15) is 76.2 Å². The van der Waals surface area contributed by atoms with E-state index in [2.05, 4.69) is 24.3 Å². The molecule has 1 aliphatic rings. The zero-order valence-electron chi connectivity index (χ0n) is 17.4. The highest BCUT2D eigenvalue weighted by Crippen LogP contribution is 2.36. The number of benzene rings is 1. The summed E-state index contributed by atoms with van der Waals surface area (Å²) in [5.74, 6) is 0.500. The molecule has 0 amide bonds. The van der Waals surface area contributed by atoms with Crippen molar-refractivity contribution in [1.29, 1.82) is 0 Å². The SMILES string of the molecule is O=C(O)CCCCCCC1C(=O)CCC1SCC(O)CCCCc1ccccc1. The number of aliphatic carboxylic acids is 1. The first-order valence-corrected chi connectivity index (χ1v) is 12.2. The van der Waals surface area contributed by atoms with Crippen LogP contribution in [0.3, 0.4) is 0 Å². The lowest BCUT2D eigenvalue weighted by Gasteiger charge is -2.19. The molecule has 0 heterocycles. The molecule has 162 valence electrons. The number of rotatable bonds is 15. The molecule has 1 aromatic carbocycles. The quantitative estimate of drug-likeness (QED) is 0.378. The van der Waals surface area contributed by atoms with E-state index in [0.717, 1.165) is 70.0 Å². The number of carbonyl (C=O) groups is 2. The molecule has 0 saturated heterocycles. The highest BCUT2D eigenvalue weighted by molar-refractivity contribution is 8.00. The summed E-state index contributed by atoms with van der Waals surface area (Å²) in [7, 11) is 0. The molecular formula is C24H36O4S. The predicted octanol–water partition coefficient (Wildman–Crippen LogP) is 5.27. The minimum absolute atomic E-state index is 0.129. The van der Waals surface area contributed by atoms with Crippen LogP contribution in [-0.4, -0.2) is 39.1 Å². The van der Waals surface area contributed by atoms with E-state index >= 15 is 0 Å². The Hall–Kier alpha value is -1.33. The standard InChI is InChI=1S/C24H36O4S/c25-20(13-9-8-12-19-10-4-3-5-11-19)18-29-23-17-16-22(26)21(23)14-6-1-2-7-15-24(27)28/h3-5,10-11,20-21,23,25H,1-2,6-9,12-18H2,(H,27,28). The van der Waals surface area contributed by atoms with Crippen molar-refractivity contribution in [3.05, 3.63) is 35.9 Å². The van der Waals surface area contributed by atoms with Crippen molar-refractivity contribution in [3.63, 3.8) is 0 Å². The van der Waals surface area contributed by atoms with E-state index < -0.39 is 5.97 Å². The Bertz CT molecular complexity index is 604. The molecule has 0 radical (unpaired) electrons. The summed E-state index contributed by atoms with van der Waals surface area (Å²) in [6.45, 7) is 0. The maximum Gasteiger partial charge on any atom is 0.303 e. The molecule has 1 saturated carbocycles. The summed E-state index contributed by atoms with van der Waals surface area (Å²) in [4.78, 5) is 22.8. The molecule has 2 rings (SSSR count). The first-order valence-electron chi connectivity index (χ1n) is 11.1. The van der Waals surface area contributed by atoms with E-state index in [1.807, 2.05) is 6.07 Å². The van der Waals surface area contributed by atoms with Gasteiger partial charge in [0.2, 0.25) is 0 Å². The molecule has 29 heavy (non-hydrogen) atoms. The van der Waals surface area contributed by atoms with Crippen molar-refractivity contribution in [2.24, 2.45) is 5.92 Å². The molecule has 0 spiro atoms. The van der Waals surface area contributed by atoms with Gasteiger partial charge in [0.1, 0.15) is 5.78 Å². The molecule has 3 atom stereocenters. The predicted molar refractivity (Wildman–Crippen MR) is 119 cm³/mol. The zero-order chi connectivity index (χ0) is 20.9. The number of hydrogen-bond donors (Lipinski definition) is 2. The number of thioether (sulfide) groups is 1. The van der Waals surface area contributed by atoms with Crippen molar-refractivity contribution in [2.75, 3.05) is 5.75 Å². The third-order valence-electron chi connectivity index (χ3n) is 5.79. The molecule has 2 N–H and O–H groups in total. The number of unbranched alkanes of at least 4 members (excludes halogenated alkanes) is 4. The van der Waals surface area contributed by atoms with Crippen LogP contribution in [0.25, 0.3) is 0 Å². The summed E-state index contributed by atoms with van der Waals surface area (Å²) >= 11 is 1.78. The third kappa shape index (κ3) is 9.81. The number of aryl methyl sites for hydroxylation is 1. The lowest BCUT2D eigenvalue weighted by atomic mass is 9.98. The monoisotopic (exact) mass is 420 g/mol. The fourth-order valence-corrected chi connectivity index (χ4v) is 5.53. The van der Waals surface area contributed by atoms with Crippen LogP contribution in [-0.2, 0) is 16.0 Å². The third-order valence-corrected chi connectivity index (χ3v) is 7.36. The molecule has 5 heteroatoms. The first-order chi connectivity index (χ1) is 14.1. The summed E-state index contributed by atoms with van der Waals surface area (Å²) in [5, 5.41) is 19.3. The Morgan fingerprint density at radius 3 is 2.59 bits per heavy atom. The molecule has 0 aromatic heterocycles. The van der Waals surface area contributed by atoms with E-state index in [9.17, 15) is 14.7 Å². The number of Topliss-reactive ketones (excluding diaryl/α,β-unsaturated/α-hetero) is 1. The lowest BCUT2D eigenvalue weighted by molar-refractivity contribution is -0.137. The number of ketones is 1. The van der Waals surface area contributed by atoms with Crippen molar-refractivity contribution in [3.8, 4) is 0 Å². The maximum atomic E-state index is 12.2. The number of aliphatic hydroxyl groups is 1. The second-order valence-corrected chi connectivity index (χ2v) is 9.49. The van der Waals surface area contributed by atoms with Crippen LogP contribution in [0.15, 0.2) is 30.3 Å². The van der Waals surface area contributed by atoms with Gasteiger partial charge in [-0.25, -0.2) is 0 Å². The molecule has 1 aromatic rings. The van der Waals surface area contributed by atoms with Crippen LogP contribution in [0.2, 0.25) is 0 Å². The van der Waals surface area contributed by atoms with Gasteiger partial charge < -0.3 is 10.2 Å². The van der Waals surface area contributed by atoms with Gasteiger partial charge in [0, 0.05) is 29.8 Å². The Balaban J connectivity index is 1.57. The minimum Gasteiger partial charge on any atom is -0.481 e. The van der Waals surface area contributed by atoms with Gasteiger partial charge in [-0.05, 0) is 44.1 Å². The number of hydrogen-bond acceptors (Lipinski definition) is 4. The van der Waals surface area contributed by atoms with Crippen LogP contribution in [0.5, 0.6) is 0 Å². The topological polar surface area (TPSA) is 74.6 Å². The summed E-state index contributed by atoms with van der Waals surface area (Å²) in [6.07, 6.45) is 10.1. The summed E-state index contributed by atoms with van der Waals surface area (Å²) < 4.78 is 0. The van der Waals surface area contributed by atoms with Gasteiger partial charge >= 0.3 is 5.97 Å². The molecule has 4 nitrogen and oxygen atoms in total. The van der Waals surface area contributed by atoms with Crippen LogP contribution >= 0.6 is 11.8 Å². The van der Waals surface area contributed by atoms with Gasteiger partial charge in [-0.3, -0.25) is 9.59 Å². The second-order valence-electron chi connectivity index (χ2n) is 8.22. The fourth-order valence-electron chi connectivity index (χ4n) is 4.09. The lowest BCUT2D eigenvalue weighted by Crippen LogP contribution is -2.20. The van der Waals surface area contributed by atoms with E-state index in [1.165, 1.54) is 5.56 Å². The largest absolute Gasteiger partial charge is 0.481 e. The second kappa shape index (κ2) is 13.8. The van der Waals surface area contributed by atoms with Crippen LogP contribution in [0.4, 0.5) is 0 Å². The van der Waals surface area contributed by atoms with Crippen molar-refractivity contribution >= 4 is 23.5 Å². The van der Waals surface area contributed by atoms with Crippen molar-refractivity contribution < 1.29 is 19.8 Å². The molecule has 1 fully saturated rings. The molecule has 3 unspecified atom stereocenters. The van der Waals surface area contributed by atoms with Gasteiger partial charge in [-0.15, -0.1) is 0 Å². The zero-order valence-corrected chi connectivity index (χ0v) is 18.2. The number of carboxylic acids is 1. The van der Waals surface area contributed by atoms with Gasteiger partial charge in [-0.1, -0.05) is 56.0 Å². The molecule has 0 bridgehead atoms. The maximum absolute atomic E-state index is 12.2. The molecule has 0 aliphatic heterocycles. The smallest absolute Gasteiger partial charge is 0.303 e. The van der Waals surface area contributed by atoms with E-state index in [0.29, 0.717) is 17.5 Å². The Morgan fingerprint density at radius 1 is 1.07 bits per heavy atom. The van der Waals surface area contributed by atoms with E-state index in [-0.39, 0.29) is 18.4 Å². The Kier molecular flexibility index (Phi) is 11.4. The van der Waals surface area contributed by atoms with Gasteiger partial charge in [0.05, 0.1) is 6.10 Å².